The summed E-state index contributed by atoms with van der Waals surface area (Å²) in [6, 6.07) is 9.68. The van der Waals surface area contributed by atoms with Crippen molar-refractivity contribution in [1.82, 2.24) is 14.6 Å². The second-order valence-electron chi connectivity index (χ2n) is 4.03. The van der Waals surface area contributed by atoms with Crippen LogP contribution in [0.2, 0.25) is 5.02 Å². The Morgan fingerprint density at radius 2 is 2.06 bits per heavy atom. The number of nitrogens with zero attached hydrogens (tertiary/aromatic N) is 3. The molecular formula is C13H9BrClN3. The van der Waals surface area contributed by atoms with Gasteiger partial charge in [-0.15, -0.1) is 10.2 Å². The van der Waals surface area contributed by atoms with Gasteiger partial charge in [0.15, 0.2) is 11.5 Å². The molecule has 0 aliphatic rings. The van der Waals surface area contributed by atoms with Gasteiger partial charge in [-0.05, 0) is 30.7 Å². The van der Waals surface area contributed by atoms with Crippen LogP contribution in [0.3, 0.4) is 0 Å². The molecular weight excluding hydrogens is 314 g/mol. The van der Waals surface area contributed by atoms with E-state index in [1.165, 1.54) is 0 Å². The molecule has 3 nitrogen and oxygen atoms in total. The third-order valence-electron chi connectivity index (χ3n) is 2.82. The normalized spacial score (nSPS) is 11.1. The SMILES string of the molecule is Cc1cccc(Cl)c1-c1nnc2cc(Br)ccn12. The standard InChI is InChI=1S/C13H9BrClN3/c1-8-3-2-4-10(15)12(8)13-17-16-11-7-9(14)5-6-18(11)13/h2-7H,1H3. The fourth-order valence-electron chi connectivity index (χ4n) is 1.95. The van der Waals surface area contributed by atoms with E-state index in [9.17, 15) is 0 Å². The Hall–Kier alpha value is -1.39. The summed E-state index contributed by atoms with van der Waals surface area (Å²) >= 11 is 9.68. The van der Waals surface area contributed by atoms with Crippen LogP contribution in [-0.2, 0) is 0 Å². The zero-order chi connectivity index (χ0) is 12.7. The van der Waals surface area contributed by atoms with Crippen molar-refractivity contribution >= 4 is 33.2 Å². The minimum atomic E-state index is 0.687. The maximum absolute atomic E-state index is 6.26. The highest BCUT2D eigenvalue weighted by atomic mass is 79.9. The summed E-state index contributed by atoms with van der Waals surface area (Å²) in [5, 5.41) is 9.09. The first-order valence-corrected chi connectivity index (χ1v) is 6.59. The van der Waals surface area contributed by atoms with E-state index in [2.05, 4.69) is 26.1 Å². The number of benzene rings is 1. The Balaban J connectivity index is 2.32. The number of halogens is 2. The van der Waals surface area contributed by atoms with Gasteiger partial charge in [-0.25, -0.2) is 0 Å². The summed E-state index contributed by atoms with van der Waals surface area (Å²) in [5.41, 5.74) is 2.80. The lowest BCUT2D eigenvalue weighted by Gasteiger charge is -2.06. The lowest BCUT2D eigenvalue weighted by molar-refractivity contribution is 1.11. The molecule has 2 heterocycles. The summed E-state index contributed by atoms with van der Waals surface area (Å²) < 4.78 is 2.91. The van der Waals surface area contributed by atoms with E-state index in [4.69, 9.17) is 11.6 Å². The molecule has 0 spiro atoms. The predicted molar refractivity (Wildman–Crippen MR) is 75.9 cm³/mol. The van der Waals surface area contributed by atoms with Crippen molar-refractivity contribution < 1.29 is 0 Å². The van der Waals surface area contributed by atoms with Crippen LogP contribution in [0, 0.1) is 6.92 Å². The van der Waals surface area contributed by atoms with Crippen molar-refractivity contribution in [3.63, 3.8) is 0 Å². The van der Waals surface area contributed by atoms with Crippen LogP contribution in [-0.4, -0.2) is 14.6 Å². The van der Waals surface area contributed by atoms with Gasteiger partial charge >= 0.3 is 0 Å². The van der Waals surface area contributed by atoms with Crippen molar-refractivity contribution in [1.29, 1.82) is 0 Å². The smallest absolute Gasteiger partial charge is 0.170 e. The van der Waals surface area contributed by atoms with Crippen molar-refractivity contribution in [3.8, 4) is 11.4 Å². The van der Waals surface area contributed by atoms with Crippen molar-refractivity contribution in [2.45, 2.75) is 6.92 Å². The molecule has 0 aliphatic carbocycles. The zero-order valence-electron chi connectivity index (χ0n) is 9.56. The molecule has 90 valence electrons. The number of hydrogen-bond donors (Lipinski definition) is 0. The van der Waals surface area contributed by atoms with Gasteiger partial charge in [0.1, 0.15) is 0 Å². The van der Waals surface area contributed by atoms with Crippen molar-refractivity contribution in [2.75, 3.05) is 0 Å². The molecule has 3 aromatic rings. The number of aromatic nitrogens is 3. The van der Waals surface area contributed by atoms with E-state index in [1.807, 2.05) is 47.9 Å². The van der Waals surface area contributed by atoms with Crippen LogP contribution >= 0.6 is 27.5 Å². The third kappa shape index (κ3) is 1.82. The van der Waals surface area contributed by atoms with Gasteiger partial charge in [0.2, 0.25) is 0 Å². The van der Waals surface area contributed by atoms with Crippen molar-refractivity contribution in [3.05, 3.63) is 51.6 Å². The molecule has 0 atom stereocenters. The number of aryl methyl sites for hydroxylation is 1. The first-order valence-electron chi connectivity index (χ1n) is 5.42. The number of fused-ring (bicyclic) bond motifs is 1. The molecule has 0 bridgehead atoms. The molecule has 0 unspecified atom stereocenters. The van der Waals surface area contributed by atoms with Crippen LogP contribution in [0.25, 0.3) is 17.0 Å². The fraction of sp³-hybridized carbons (Fsp3) is 0.0769. The Morgan fingerprint density at radius 3 is 2.83 bits per heavy atom. The number of rotatable bonds is 1. The van der Waals surface area contributed by atoms with Crippen LogP contribution < -0.4 is 0 Å². The van der Waals surface area contributed by atoms with Gasteiger partial charge in [-0.1, -0.05) is 39.7 Å². The van der Waals surface area contributed by atoms with Crippen LogP contribution in [0.5, 0.6) is 0 Å². The summed E-state index contributed by atoms with van der Waals surface area (Å²) in [5.74, 6) is 0.764. The molecule has 0 aliphatic heterocycles. The number of pyridine rings is 1. The Morgan fingerprint density at radius 1 is 1.22 bits per heavy atom. The van der Waals surface area contributed by atoms with Gasteiger partial charge in [0.05, 0.1) is 5.02 Å². The molecule has 18 heavy (non-hydrogen) atoms. The Labute approximate surface area is 118 Å². The lowest BCUT2D eigenvalue weighted by Crippen LogP contribution is -1.92. The van der Waals surface area contributed by atoms with Gasteiger partial charge in [-0.2, -0.15) is 0 Å². The third-order valence-corrected chi connectivity index (χ3v) is 3.63. The minimum Gasteiger partial charge on any atom is -0.282 e. The predicted octanol–water partition coefficient (Wildman–Crippen LogP) is 4.12. The molecule has 0 radical (unpaired) electrons. The maximum atomic E-state index is 6.26. The average molecular weight is 323 g/mol. The molecule has 1 aromatic carbocycles. The monoisotopic (exact) mass is 321 g/mol. The Bertz CT molecular complexity index is 716. The maximum Gasteiger partial charge on any atom is 0.170 e. The molecule has 5 heteroatoms. The second kappa shape index (κ2) is 4.37. The molecule has 3 rings (SSSR count). The highest BCUT2D eigenvalue weighted by molar-refractivity contribution is 9.10. The second-order valence-corrected chi connectivity index (χ2v) is 5.35. The highest BCUT2D eigenvalue weighted by Crippen LogP contribution is 2.30. The van der Waals surface area contributed by atoms with Crippen LogP contribution in [0.15, 0.2) is 41.0 Å². The van der Waals surface area contributed by atoms with E-state index in [0.29, 0.717) is 5.02 Å². The lowest BCUT2D eigenvalue weighted by atomic mass is 10.1. The topological polar surface area (TPSA) is 30.2 Å². The van der Waals surface area contributed by atoms with Gasteiger partial charge in [0, 0.05) is 16.2 Å². The number of hydrogen-bond acceptors (Lipinski definition) is 2. The van der Waals surface area contributed by atoms with E-state index < -0.39 is 0 Å². The van der Waals surface area contributed by atoms with Crippen LogP contribution in [0.1, 0.15) is 5.56 Å². The van der Waals surface area contributed by atoms with Gasteiger partial charge in [0.25, 0.3) is 0 Å². The average Bonchev–Trinajstić information content (AvgIpc) is 2.72. The van der Waals surface area contributed by atoms with E-state index in [1.54, 1.807) is 0 Å². The molecule has 0 saturated carbocycles. The molecule has 0 saturated heterocycles. The van der Waals surface area contributed by atoms with Gasteiger partial charge < -0.3 is 0 Å². The molecule has 0 fully saturated rings. The Kier molecular flexibility index (Phi) is 2.84. The first kappa shape index (κ1) is 11.7. The van der Waals surface area contributed by atoms with Crippen molar-refractivity contribution in [2.24, 2.45) is 0 Å². The van der Waals surface area contributed by atoms with Gasteiger partial charge in [-0.3, -0.25) is 4.40 Å². The fourth-order valence-corrected chi connectivity index (χ4v) is 2.58. The molecule has 0 N–H and O–H groups in total. The summed E-state index contributed by atoms with van der Waals surface area (Å²) in [6.45, 7) is 2.02. The van der Waals surface area contributed by atoms with Crippen LogP contribution in [0.4, 0.5) is 0 Å². The molecule has 0 amide bonds. The van der Waals surface area contributed by atoms with E-state index in [0.717, 1.165) is 27.1 Å². The summed E-state index contributed by atoms with van der Waals surface area (Å²) in [6.07, 6.45) is 1.93. The molecule has 2 aromatic heterocycles. The van der Waals surface area contributed by atoms with E-state index in [-0.39, 0.29) is 0 Å². The quantitative estimate of drug-likeness (QED) is 0.674. The minimum absolute atomic E-state index is 0.687. The largest absolute Gasteiger partial charge is 0.282 e. The summed E-state index contributed by atoms with van der Waals surface area (Å²) in [7, 11) is 0. The zero-order valence-corrected chi connectivity index (χ0v) is 11.9. The summed E-state index contributed by atoms with van der Waals surface area (Å²) in [4.78, 5) is 0. The van der Waals surface area contributed by atoms with E-state index >= 15 is 0 Å². The first-order chi connectivity index (χ1) is 8.66. The highest BCUT2D eigenvalue weighted by Gasteiger charge is 2.13.